The molecule has 0 aliphatic heterocycles. The van der Waals surface area contributed by atoms with E-state index in [2.05, 4.69) is 10.4 Å². The summed E-state index contributed by atoms with van der Waals surface area (Å²) in [7, 11) is 1.68. The normalized spacial score (nSPS) is 10.0. The molecule has 1 aromatic rings. The van der Waals surface area contributed by atoms with Crippen LogP contribution in [0.5, 0.6) is 0 Å². The summed E-state index contributed by atoms with van der Waals surface area (Å²) in [6.45, 7) is 0.846. The summed E-state index contributed by atoms with van der Waals surface area (Å²) < 4.78 is 1.44. The van der Waals surface area contributed by atoms with Gasteiger partial charge in [-0.3, -0.25) is 9.48 Å². The van der Waals surface area contributed by atoms with Gasteiger partial charge in [-0.05, 0) is 0 Å². The molecule has 0 saturated heterocycles. The fraction of sp³-hybridized carbons (Fsp3) is 0.429. The van der Waals surface area contributed by atoms with Crippen molar-refractivity contribution in [2.75, 3.05) is 18.8 Å². The van der Waals surface area contributed by atoms with E-state index < -0.39 is 0 Å². The van der Waals surface area contributed by atoms with Gasteiger partial charge < -0.3 is 16.8 Å². The zero-order valence-electron chi connectivity index (χ0n) is 7.45. The Morgan fingerprint density at radius 2 is 2.46 bits per heavy atom. The molecule has 5 N–H and O–H groups in total. The number of amides is 1. The fourth-order valence-electron chi connectivity index (χ4n) is 0.903. The first kappa shape index (κ1) is 9.53. The van der Waals surface area contributed by atoms with E-state index in [-0.39, 0.29) is 5.91 Å². The molecule has 6 nitrogen and oxygen atoms in total. The van der Waals surface area contributed by atoms with Crippen LogP contribution in [0, 0.1) is 0 Å². The van der Waals surface area contributed by atoms with Gasteiger partial charge >= 0.3 is 0 Å². The van der Waals surface area contributed by atoms with Crippen LogP contribution in [-0.4, -0.2) is 28.8 Å². The van der Waals surface area contributed by atoms with Crippen molar-refractivity contribution in [1.82, 2.24) is 15.1 Å². The van der Waals surface area contributed by atoms with Gasteiger partial charge in [0.05, 0.1) is 6.20 Å². The lowest BCUT2D eigenvalue weighted by molar-refractivity contribution is 0.0955. The van der Waals surface area contributed by atoms with Crippen molar-refractivity contribution in [2.45, 2.75) is 0 Å². The highest BCUT2D eigenvalue weighted by atomic mass is 16.1. The Morgan fingerprint density at radius 3 is 2.92 bits per heavy atom. The highest BCUT2D eigenvalue weighted by Crippen LogP contribution is 2.07. The summed E-state index contributed by atoms with van der Waals surface area (Å²) in [4.78, 5) is 11.3. The van der Waals surface area contributed by atoms with Gasteiger partial charge in [0.1, 0.15) is 11.4 Å². The summed E-state index contributed by atoms with van der Waals surface area (Å²) >= 11 is 0. The third-order valence-electron chi connectivity index (χ3n) is 1.66. The van der Waals surface area contributed by atoms with Gasteiger partial charge in [-0.25, -0.2) is 0 Å². The molecule has 6 heteroatoms. The van der Waals surface area contributed by atoms with Gasteiger partial charge in [-0.2, -0.15) is 5.10 Å². The largest absolute Gasteiger partial charge is 0.383 e. The molecule has 1 amide bonds. The van der Waals surface area contributed by atoms with Gasteiger partial charge in [-0.1, -0.05) is 0 Å². The number of aromatic nitrogens is 2. The lowest BCUT2D eigenvalue weighted by atomic mass is 10.3. The number of rotatable bonds is 3. The summed E-state index contributed by atoms with van der Waals surface area (Å²) in [6.07, 6.45) is 1.43. The number of nitrogens with one attached hydrogen (secondary N) is 1. The van der Waals surface area contributed by atoms with Crippen molar-refractivity contribution in [1.29, 1.82) is 0 Å². The molecule has 0 aliphatic rings. The molecule has 13 heavy (non-hydrogen) atoms. The van der Waals surface area contributed by atoms with E-state index in [1.165, 1.54) is 10.9 Å². The SMILES string of the molecule is Cn1ncc(C(=O)NCCN)c1N. The molecular weight excluding hydrogens is 170 g/mol. The van der Waals surface area contributed by atoms with Crippen molar-refractivity contribution >= 4 is 11.7 Å². The molecule has 0 aromatic carbocycles. The third-order valence-corrected chi connectivity index (χ3v) is 1.66. The van der Waals surface area contributed by atoms with Crippen LogP contribution in [0.2, 0.25) is 0 Å². The lowest BCUT2D eigenvalue weighted by Gasteiger charge is -2.01. The quantitative estimate of drug-likeness (QED) is 0.541. The molecule has 1 rings (SSSR count). The van der Waals surface area contributed by atoms with Gasteiger partial charge in [0, 0.05) is 20.1 Å². The standard InChI is InChI=1S/C7H13N5O/c1-12-6(9)5(4-11-12)7(13)10-3-2-8/h4H,2-3,8-9H2,1H3,(H,10,13). The molecule has 0 bridgehead atoms. The number of hydrogen-bond acceptors (Lipinski definition) is 4. The number of nitrogens with zero attached hydrogens (tertiary/aromatic N) is 2. The first-order valence-corrected chi connectivity index (χ1v) is 3.92. The number of hydrogen-bond donors (Lipinski definition) is 3. The highest BCUT2D eigenvalue weighted by molar-refractivity contribution is 5.98. The molecule has 0 spiro atoms. The van der Waals surface area contributed by atoms with Gasteiger partial charge in [0.2, 0.25) is 0 Å². The topological polar surface area (TPSA) is 99.0 Å². The van der Waals surface area contributed by atoms with Crippen LogP contribution in [0.25, 0.3) is 0 Å². The number of carbonyl (C=O) groups is 1. The van der Waals surface area contributed by atoms with Crippen LogP contribution < -0.4 is 16.8 Å². The Hall–Kier alpha value is -1.56. The second-order valence-corrected chi connectivity index (χ2v) is 2.61. The van der Waals surface area contributed by atoms with Gasteiger partial charge in [0.15, 0.2) is 0 Å². The average molecular weight is 183 g/mol. The molecule has 0 atom stereocenters. The predicted octanol–water partition coefficient (Wildman–Crippen LogP) is -1.31. The molecule has 72 valence electrons. The minimum absolute atomic E-state index is 0.240. The first-order valence-electron chi connectivity index (χ1n) is 3.92. The zero-order valence-corrected chi connectivity index (χ0v) is 7.45. The molecule has 1 heterocycles. The van der Waals surface area contributed by atoms with Crippen LogP contribution in [0.15, 0.2) is 6.20 Å². The highest BCUT2D eigenvalue weighted by Gasteiger charge is 2.12. The lowest BCUT2D eigenvalue weighted by Crippen LogP contribution is -2.29. The van der Waals surface area contributed by atoms with Crippen molar-refractivity contribution in [3.8, 4) is 0 Å². The third kappa shape index (κ3) is 1.97. The second kappa shape index (κ2) is 3.90. The maximum atomic E-state index is 11.3. The maximum absolute atomic E-state index is 11.3. The summed E-state index contributed by atoms with van der Waals surface area (Å²) in [5.74, 6) is 0.116. The molecule has 0 saturated carbocycles. The molecule has 1 aromatic heterocycles. The molecule has 0 fully saturated rings. The van der Waals surface area contributed by atoms with E-state index in [1.54, 1.807) is 7.05 Å². The van der Waals surface area contributed by atoms with Crippen LogP contribution in [-0.2, 0) is 7.05 Å². The van der Waals surface area contributed by atoms with E-state index in [0.717, 1.165) is 0 Å². The van der Waals surface area contributed by atoms with Crippen LogP contribution >= 0.6 is 0 Å². The van der Waals surface area contributed by atoms with Crippen molar-refractivity contribution < 1.29 is 4.79 Å². The Balaban J connectivity index is 2.71. The number of nitrogens with two attached hydrogens (primary N) is 2. The summed E-state index contributed by atoms with van der Waals surface area (Å²) in [5, 5.41) is 6.45. The fourth-order valence-corrected chi connectivity index (χ4v) is 0.903. The maximum Gasteiger partial charge on any atom is 0.256 e. The monoisotopic (exact) mass is 183 g/mol. The Labute approximate surface area is 75.9 Å². The number of anilines is 1. The van der Waals surface area contributed by atoms with E-state index in [9.17, 15) is 4.79 Å². The first-order chi connectivity index (χ1) is 6.16. The predicted molar refractivity (Wildman–Crippen MR) is 49.0 cm³/mol. The number of nitrogen functional groups attached to an aromatic ring is 1. The van der Waals surface area contributed by atoms with E-state index >= 15 is 0 Å². The van der Waals surface area contributed by atoms with Crippen molar-refractivity contribution in [3.63, 3.8) is 0 Å². The van der Waals surface area contributed by atoms with Crippen LogP contribution in [0.4, 0.5) is 5.82 Å². The number of carbonyl (C=O) groups excluding carboxylic acids is 1. The molecule has 0 unspecified atom stereocenters. The Morgan fingerprint density at radius 1 is 1.77 bits per heavy atom. The second-order valence-electron chi connectivity index (χ2n) is 2.61. The van der Waals surface area contributed by atoms with Gasteiger partial charge in [-0.15, -0.1) is 0 Å². The van der Waals surface area contributed by atoms with Gasteiger partial charge in [0.25, 0.3) is 5.91 Å². The Bertz CT molecular complexity index is 306. The molecular formula is C7H13N5O. The van der Waals surface area contributed by atoms with Crippen LogP contribution in [0.3, 0.4) is 0 Å². The van der Waals surface area contributed by atoms with Crippen molar-refractivity contribution in [2.24, 2.45) is 12.8 Å². The van der Waals surface area contributed by atoms with Crippen LogP contribution in [0.1, 0.15) is 10.4 Å². The summed E-state index contributed by atoms with van der Waals surface area (Å²) in [5.41, 5.74) is 11.2. The summed E-state index contributed by atoms with van der Waals surface area (Å²) in [6, 6.07) is 0. The minimum atomic E-state index is -0.240. The average Bonchev–Trinajstić information content (AvgIpc) is 2.44. The van der Waals surface area contributed by atoms with E-state index in [1.807, 2.05) is 0 Å². The zero-order chi connectivity index (χ0) is 9.84. The minimum Gasteiger partial charge on any atom is -0.383 e. The van der Waals surface area contributed by atoms with E-state index in [4.69, 9.17) is 11.5 Å². The smallest absolute Gasteiger partial charge is 0.256 e. The molecule has 0 radical (unpaired) electrons. The Kier molecular flexibility index (Phi) is 2.86. The number of aryl methyl sites for hydroxylation is 1. The molecule has 0 aliphatic carbocycles. The van der Waals surface area contributed by atoms with E-state index in [0.29, 0.717) is 24.5 Å². The van der Waals surface area contributed by atoms with Crippen molar-refractivity contribution in [3.05, 3.63) is 11.8 Å².